The van der Waals surface area contributed by atoms with E-state index in [9.17, 15) is 22.4 Å². The zero-order valence-corrected chi connectivity index (χ0v) is 16.8. The Balaban J connectivity index is 1.88. The highest BCUT2D eigenvalue weighted by molar-refractivity contribution is 7.89. The second kappa shape index (κ2) is 8.60. The number of nitrogens with zero attached hydrogens (tertiary/aromatic N) is 2. The van der Waals surface area contributed by atoms with E-state index in [1.807, 2.05) is 6.92 Å². The summed E-state index contributed by atoms with van der Waals surface area (Å²) in [7, 11) is -4.26. The van der Waals surface area contributed by atoms with Gasteiger partial charge in [-0.2, -0.15) is 0 Å². The van der Waals surface area contributed by atoms with E-state index < -0.39 is 34.3 Å². The molecule has 7 nitrogen and oxygen atoms in total. The molecule has 0 unspecified atom stereocenters. The first-order chi connectivity index (χ1) is 13.8. The highest BCUT2D eigenvalue weighted by Gasteiger charge is 2.35. The molecule has 0 saturated carbocycles. The SMILES string of the molecule is Cc1ccc(S(=O)(=O)N(CC(=O)Nc2ccccc2F)C(=O)N2CCCC2)cc1. The summed E-state index contributed by atoms with van der Waals surface area (Å²) in [4.78, 5) is 26.7. The summed E-state index contributed by atoms with van der Waals surface area (Å²) in [6, 6.07) is 10.8. The molecule has 2 aromatic carbocycles. The monoisotopic (exact) mass is 419 g/mol. The van der Waals surface area contributed by atoms with Crippen molar-refractivity contribution in [1.29, 1.82) is 0 Å². The van der Waals surface area contributed by atoms with Crippen LogP contribution in [0.15, 0.2) is 53.4 Å². The Kier molecular flexibility index (Phi) is 6.17. The predicted octanol–water partition coefficient (Wildman–Crippen LogP) is 2.98. The van der Waals surface area contributed by atoms with Crippen molar-refractivity contribution in [3.63, 3.8) is 0 Å². The van der Waals surface area contributed by atoms with Gasteiger partial charge in [0.05, 0.1) is 10.6 Å². The lowest BCUT2D eigenvalue weighted by Crippen LogP contribution is -2.48. The molecule has 0 spiro atoms. The number of anilines is 1. The third-order valence-electron chi connectivity index (χ3n) is 4.63. The second-order valence-electron chi connectivity index (χ2n) is 6.83. The third kappa shape index (κ3) is 4.73. The minimum Gasteiger partial charge on any atom is -0.324 e. The van der Waals surface area contributed by atoms with Crippen LogP contribution in [0.3, 0.4) is 0 Å². The summed E-state index contributed by atoms with van der Waals surface area (Å²) in [6.45, 7) is 1.91. The van der Waals surface area contributed by atoms with E-state index in [2.05, 4.69) is 5.32 Å². The van der Waals surface area contributed by atoms with Gasteiger partial charge in [-0.1, -0.05) is 29.8 Å². The number of rotatable bonds is 5. The van der Waals surface area contributed by atoms with Gasteiger partial charge < -0.3 is 10.2 Å². The maximum absolute atomic E-state index is 13.8. The van der Waals surface area contributed by atoms with Crippen LogP contribution in [0.1, 0.15) is 18.4 Å². The fraction of sp³-hybridized carbons (Fsp3) is 0.300. The second-order valence-corrected chi connectivity index (χ2v) is 8.69. The topological polar surface area (TPSA) is 86.8 Å². The van der Waals surface area contributed by atoms with E-state index in [-0.39, 0.29) is 10.6 Å². The molecule has 1 saturated heterocycles. The summed E-state index contributed by atoms with van der Waals surface area (Å²) < 4.78 is 40.6. The van der Waals surface area contributed by atoms with Crippen LogP contribution in [0.5, 0.6) is 0 Å². The van der Waals surface area contributed by atoms with Crippen LogP contribution < -0.4 is 5.32 Å². The van der Waals surface area contributed by atoms with Gasteiger partial charge in [-0.3, -0.25) is 4.79 Å². The molecule has 1 aliphatic heterocycles. The number of likely N-dealkylation sites (tertiary alicyclic amines) is 1. The zero-order valence-electron chi connectivity index (χ0n) is 16.0. The van der Waals surface area contributed by atoms with Crippen LogP contribution in [0.2, 0.25) is 0 Å². The molecular formula is C20H22FN3O4S. The lowest BCUT2D eigenvalue weighted by atomic mass is 10.2. The number of hydrogen-bond donors (Lipinski definition) is 1. The Morgan fingerprint density at radius 2 is 1.69 bits per heavy atom. The molecule has 9 heteroatoms. The van der Waals surface area contributed by atoms with Crippen molar-refractivity contribution in [3.05, 3.63) is 59.9 Å². The minimum absolute atomic E-state index is 0.0844. The van der Waals surface area contributed by atoms with Crippen molar-refractivity contribution in [1.82, 2.24) is 9.21 Å². The molecule has 0 atom stereocenters. The van der Waals surface area contributed by atoms with E-state index in [0.717, 1.165) is 18.4 Å². The Labute approximate surface area is 169 Å². The van der Waals surface area contributed by atoms with E-state index in [0.29, 0.717) is 17.4 Å². The van der Waals surface area contributed by atoms with Crippen molar-refractivity contribution >= 4 is 27.6 Å². The van der Waals surface area contributed by atoms with Crippen molar-refractivity contribution < 1.29 is 22.4 Å². The molecule has 1 fully saturated rings. The first-order valence-electron chi connectivity index (χ1n) is 9.22. The molecular weight excluding hydrogens is 397 g/mol. The van der Waals surface area contributed by atoms with Gasteiger partial charge >= 0.3 is 6.03 Å². The summed E-state index contributed by atoms with van der Waals surface area (Å²) in [5.74, 6) is -1.46. The largest absolute Gasteiger partial charge is 0.334 e. The van der Waals surface area contributed by atoms with Crippen LogP contribution in [0.4, 0.5) is 14.9 Å². The third-order valence-corrected chi connectivity index (χ3v) is 6.37. The van der Waals surface area contributed by atoms with Gasteiger partial charge in [0, 0.05) is 13.1 Å². The van der Waals surface area contributed by atoms with Crippen LogP contribution in [-0.2, 0) is 14.8 Å². The molecule has 0 aromatic heterocycles. The molecule has 3 rings (SSSR count). The van der Waals surface area contributed by atoms with Gasteiger partial charge in [0.2, 0.25) is 5.91 Å². The molecule has 3 amide bonds. The van der Waals surface area contributed by atoms with Crippen molar-refractivity contribution in [2.45, 2.75) is 24.7 Å². The molecule has 29 heavy (non-hydrogen) atoms. The van der Waals surface area contributed by atoms with Crippen LogP contribution >= 0.6 is 0 Å². The first kappa shape index (κ1) is 20.8. The molecule has 1 heterocycles. The molecule has 1 aliphatic rings. The smallest absolute Gasteiger partial charge is 0.324 e. The maximum Gasteiger partial charge on any atom is 0.334 e. The predicted molar refractivity (Wildman–Crippen MR) is 106 cm³/mol. The lowest BCUT2D eigenvalue weighted by Gasteiger charge is -2.27. The van der Waals surface area contributed by atoms with Crippen LogP contribution in [0.25, 0.3) is 0 Å². The van der Waals surface area contributed by atoms with Gasteiger partial charge in [0.25, 0.3) is 10.0 Å². The first-order valence-corrected chi connectivity index (χ1v) is 10.7. The minimum atomic E-state index is -4.26. The molecule has 0 bridgehead atoms. The maximum atomic E-state index is 13.8. The number of hydrogen-bond acceptors (Lipinski definition) is 4. The van der Waals surface area contributed by atoms with E-state index in [1.165, 1.54) is 41.3 Å². The van der Waals surface area contributed by atoms with Crippen LogP contribution in [-0.4, -0.2) is 49.2 Å². The van der Waals surface area contributed by atoms with Crippen molar-refractivity contribution in [3.8, 4) is 0 Å². The molecule has 0 radical (unpaired) electrons. The summed E-state index contributed by atoms with van der Waals surface area (Å²) in [6.07, 6.45) is 1.54. The Morgan fingerprint density at radius 1 is 1.07 bits per heavy atom. The van der Waals surface area contributed by atoms with E-state index in [1.54, 1.807) is 12.1 Å². The van der Waals surface area contributed by atoms with Gasteiger partial charge in [0.15, 0.2) is 0 Å². The van der Waals surface area contributed by atoms with Gasteiger partial charge in [-0.05, 0) is 44.0 Å². The number of sulfonamides is 1. The number of para-hydroxylation sites is 1. The number of carbonyl (C=O) groups excluding carboxylic acids is 2. The van der Waals surface area contributed by atoms with Crippen LogP contribution in [0, 0.1) is 12.7 Å². The fourth-order valence-corrected chi connectivity index (χ4v) is 4.38. The van der Waals surface area contributed by atoms with E-state index >= 15 is 0 Å². The number of halogens is 1. The number of amides is 3. The average Bonchev–Trinajstić information content (AvgIpc) is 3.22. The highest BCUT2D eigenvalue weighted by Crippen LogP contribution is 2.21. The molecule has 2 aromatic rings. The molecule has 154 valence electrons. The zero-order chi connectivity index (χ0) is 21.0. The number of aryl methyl sites for hydroxylation is 1. The Bertz CT molecular complexity index is 1000. The Morgan fingerprint density at radius 3 is 2.31 bits per heavy atom. The fourth-order valence-electron chi connectivity index (χ4n) is 3.04. The van der Waals surface area contributed by atoms with Gasteiger partial charge in [-0.25, -0.2) is 21.9 Å². The molecule has 1 N–H and O–H groups in total. The van der Waals surface area contributed by atoms with Gasteiger partial charge in [0.1, 0.15) is 12.4 Å². The number of nitrogens with one attached hydrogen (secondary N) is 1. The average molecular weight is 419 g/mol. The number of urea groups is 1. The lowest BCUT2D eigenvalue weighted by molar-refractivity contribution is -0.116. The van der Waals surface area contributed by atoms with Crippen molar-refractivity contribution in [2.75, 3.05) is 25.0 Å². The number of benzene rings is 2. The van der Waals surface area contributed by atoms with Crippen molar-refractivity contribution in [2.24, 2.45) is 0 Å². The Hall–Kier alpha value is -2.94. The molecule has 0 aliphatic carbocycles. The standard InChI is InChI=1S/C20H22FN3O4S/c1-15-8-10-16(11-9-15)29(27,28)24(20(26)23-12-4-5-13-23)14-19(25)22-18-7-3-2-6-17(18)21/h2-3,6-11H,4-5,12-14H2,1H3,(H,22,25). The summed E-state index contributed by atoms with van der Waals surface area (Å²) in [5, 5.41) is 2.33. The summed E-state index contributed by atoms with van der Waals surface area (Å²) >= 11 is 0. The van der Waals surface area contributed by atoms with Gasteiger partial charge in [-0.15, -0.1) is 0 Å². The highest BCUT2D eigenvalue weighted by atomic mass is 32.2. The normalized spacial score (nSPS) is 13.9. The number of carbonyl (C=O) groups is 2. The summed E-state index contributed by atoms with van der Waals surface area (Å²) in [5.41, 5.74) is 0.775. The van der Waals surface area contributed by atoms with E-state index in [4.69, 9.17) is 0 Å². The quantitative estimate of drug-likeness (QED) is 0.807.